The lowest BCUT2D eigenvalue weighted by molar-refractivity contribution is -0.130. The molecule has 1 atom stereocenters. The molecule has 1 amide bonds. The molecule has 5 nitrogen and oxygen atoms in total. The number of aryl methyl sites for hydroxylation is 1. The van der Waals surface area contributed by atoms with E-state index >= 15 is 0 Å². The van der Waals surface area contributed by atoms with Crippen LogP contribution in [-0.2, 0) is 9.53 Å². The quantitative estimate of drug-likeness (QED) is 0.821. The largest absolute Gasteiger partial charge is 0.496 e. The number of esters is 1. The molecular formula is C20H21NO4. The molecule has 5 heteroatoms. The van der Waals surface area contributed by atoms with E-state index < -0.39 is 12.1 Å². The van der Waals surface area contributed by atoms with Gasteiger partial charge in [-0.3, -0.25) is 4.79 Å². The Labute approximate surface area is 147 Å². The van der Waals surface area contributed by atoms with Gasteiger partial charge < -0.3 is 14.8 Å². The Morgan fingerprint density at radius 1 is 1.12 bits per heavy atom. The van der Waals surface area contributed by atoms with Gasteiger partial charge in [0, 0.05) is 11.6 Å². The van der Waals surface area contributed by atoms with Crippen molar-refractivity contribution < 1.29 is 19.1 Å². The number of nitrogens with one attached hydrogen (secondary N) is 1. The molecule has 0 radical (unpaired) electrons. The Hall–Kier alpha value is -2.82. The highest BCUT2D eigenvalue weighted by Gasteiger charge is 2.31. The highest BCUT2D eigenvalue weighted by molar-refractivity contribution is 5.93. The van der Waals surface area contributed by atoms with Gasteiger partial charge in [-0.1, -0.05) is 36.4 Å². The van der Waals surface area contributed by atoms with Crippen molar-refractivity contribution in [2.24, 2.45) is 0 Å². The lowest BCUT2D eigenvalue weighted by atomic mass is 10.1. The van der Waals surface area contributed by atoms with Gasteiger partial charge in [-0.15, -0.1) is 0 Å². The van der Waals surface area contributed by atoms with Gasteiger partial charge in [0.05, 0.1) is 12.7 Å². The summed E-state index contributed by atoms with van der Waals surface area (Å²) in [5, 5.41) is 2.90. The maximum absolute atomic E-state index is 12.6. The maximum Gasteiger partial charge on any atom is 0.339 e. The topological polar surface area (TPSA) is 64.6 Å². The standard InChI is InChI=1S/C20H21NO4/c1-13-8-9-15(12-17(13)24-2)20(23)25-18(14-6-4-3-5-7-14)19(22)21-16-10-11-16/h3-9,12,16,18H,10-11H2,1-2H3,(H,21,22). The molecule has 0 aliphatic heterocycles. The normalized spacial score (nSPS) is 14.5. The van der Waals surface area contributed by atoms with E-state index in [-0.39, 0.29) is 11.9 Å². The Morgan fingerprint density at radius 3 is 2.48 bits per heavy atom. The Balaban J connectivity index is 1.81. The molecular weight excluding hydrogens is 318 g/mol. The van der Waals surface area contributed by atoms with E-state index in [1.807, 2.05) is 25.1 Å². The first-order valence-electron chi connectivity index (χ1n) is 8.29. The number of carbonyl (C=O) groups is 2. The molecule has 0 spiro atoms. The summed E-state index contributed by atoms with van der Waals surface area (Å²) in [6.45, 7) is 1.89. The minimum atomic E-state index is -0.971. The van der Waals surface area contributed by atoms with Gasteiger partial charge in [0.15, 0.2) is 0 Å². The lowest BCUT2D eigenvalue weighted by Crippen LogP contribution is -2.33. The highest BCUT2D eigenvalue weighted by atomic mass is 16.5. The number of ether oxygens (including phenoxy) is 2. The van der Waals surface area contributed by atoms with Crippen molar-refractivity contribution in [1.29, 1.82) is 0 Å². The van der Waals surface area contributed by atoms with Gasteiger partial charge in [0.2, 0.25) is 6.10 Å². The summed E-state index contributed by atoms with van der Waals surface area (Å²) < 4.78 is 10.8. The number of methoxy groups -OCH3 is 1. The van der Waals surface area contributed by atoms with E-state index in [1.165, 1.54) is 0 Å². The van der Waals surface area contributed by atoms with Crippen LogP contribution in [0.25, 0.3) is 0 Å². The number of hydrogen-bond donors (Lipinski definition) is 1. The minimum Gasteiger partial charge on any atom is -0.496 e. The van der Waals surface area contributed by atoms with Crippen molar-refractivity contribution in [3.63, 3.8) is 0 Å². The van der Waals surface area contributed by atoms with Gasteiger partial charge in [-0.25, -0.2) is 4.79 Å². The monoisotopic (exact) mass is 339 g/mol. The molecule has 1 saturated carbocycles. The van der Waals surface area contributed by atoms with Crippen LogP contribution in [0.4, 0.5) is 0 Å². The molecule has 0 bridgehead atoms. The molecule has 0 aromatic heterocycles. The Bertz CT molecular complexity index is 769. The van der Waals surface area contributed by atoms with Crippen molar-refractivity contribution in [2.75, 3.05) is 7.11 Å². The van der Waals surface area contributed by atoms with Gasteiger partial charge in [-0.05, 0) is 37.5 Å². The molecule has 25 heavy (non-hydrogen) atoms. The number of hydrogen-bond acceptors (Lipinski definition) is 4. The van der Waals surface area contributed by atoms with Crippen LogP contribution < -0.4 is 10.1 Å². The third-order valence-corrected chi connectivity index (χ3v) is 4.13. The fourth-order valence-corrected chi connectivity index (χ4v) is 2.53. The second-order valence-electron chi connectivity index (χ2n) is 6.16. The molecule has 2 aromatic rings. The van der Waals surface area contributed by atoms with E-state index in [1.54, 1.807) is 37.4 Å². The van der Waals surface area contributed by atoms with Crippen LogP contribution in [0.15, 0.2) is 48.5 Å². The number of amides is 1. The average Bonchev–Trinajstić information content (AvgIpc) is 3.44. The first kappa shape index (κ1) is 17.0. The van der Waals surface area contributed by atoms with Crippen molar-refractivity contribution in [3.8, 4) is 5.75 Å². The van der Waals surface area contributed by atoms with E-state index in [2.05, 4.69) is 5.32 Å². The summed E-state index contributed by atoms with van der Waals surface area (Å²) >= 11 is 0. The van der Waals surface area contributed by atoms with Crippen molar-refractivity contribution in [2.45, 2.75) is 31.9 Å². The maximum atomic E-state index is 12.6. The number of rotatable bonds is 6. The zero-order chi connectivity index (χ0) is 17.8. The second-order valence-corrected chi connectivity index (χ2v) is 6.16. The van der Waals surface area contributed by atoms with Crippen LogP contribution in [-0.4, -0.2) is 25.0 Å². The number of carbonyl (C=O) groups excluding carboxylic acids is 2. The van der Waals surface area contributed by atoms with Crippen LogP contribution in [0.3, 0.4) is 0 Å². The van der Waals surface area contributed by atoms with Crippen LogP contribution in [0.5, 0.6) is 5.75 Å². The smallest absolute Gasteiger partial charge is 0.339 e. The molecule has 1 aliphatic rings. The third-order valence-electron chi connectivity index (χ3n) is 4.13. The molecule has 130 valence electrons. The van der Waals surface area contributed by atoms with Gasteiger partial charge in [0.25, 0.3) is 5.91 Å². The summed E-state index contributed by atoms with van der Waals surface area (Å²) in [6.07, 6.45) is 0.966. The van der Waals surface area contributed by atoms with Crippen molar-refractivity contribution >= 4 is 11.9 Å². The molecule has 1 unspecified atom stereocenters. The fraction of sp³-hybridized carbons (Fsp3) is 0.300. The summed E-state index contributed by atoms with van der Waals surface area (Å²) in [5.74, 6) is -0.243. The van der Waals surface area contributed by atoms with E-state index in [4.69, 9.17) is 9.47 Å². The molecule has 0 saturated heterocycles. The molecule has 3 rings (SSSR count). The predicted octanol–water partition coefficient (Wildman–Crippen LogP) is 3.18. The Morgan fingerprint density at radius 2 is 1.84 bits per heavy atom. The number of benzene rings is 2. The molecule has 2 aromatic carbocycles. The van der Waals surface area contributed by atoms with Gasteiger partial charge in [-0.2, -0.15) is 0 Å². The van der Waals surface area contributed by atoms with E-state index in [0.29, 0.717) is 16.9 Å². The first-order chi connectivity index (χ1) is 12.1. The SMILES string of the molecule is COc1cc(C(=O)OC(C(=O)NC2CC2)c2ccccc2)ccc1C. The van der Waals surface area contributed by atoms with Gasteiger partial charge >= 0.3 is 5.97 Å². The fourth-order valence-electron chi connectivity index (χ4n) is 2.53. The highest BCUT2D eigenvalue weighted by Crippen LogP contribution is 2.25. The lowest BCUT2D eigenvalue weighted by Gasteiger charge is -2.18. The summed E-state index contributed by atoms with van der Waals surface area (Å²) in [6, 6.07) is 14.3. The van der Waals surface area contributed by atoms with Gasteiger partial charge in [0.1, 0.15) is 5.75 Å². The van der Waals surface area contributed by atoms with E-state index in [0.717, 1.165) is 18.4 Å². The Kier molecular flexibility index (Phi) is 5.03. The van der Waals surface area contributed by atoms with E-state index in [9.17, 15) is 9.59 Å². The second kappa shape index (κ2) is 7.38. The van der Waals surface area contributed by atoms with Crippen LogP contribution in [0.2, 0.25) is 0 Å². The van der Waals surface area contributed by atoms with Crippen LogP contribution in [0, 0.1) is 6.92 Å². The summed E-state index contributed by atoms with van der Waals surface area (Å²) in [5.41, 5.74) is 1.92. The summed E-state index contributed by atoms with van der Waals surface area (Å²) in [4.78, 5) is 25.1. The molecule has 0 heterocycles. The molecule has 1 N–H and O–H groups in total. The van der Waals surface area contributed by atoms with Crippen LogP contribution >= 0.6 is 0 Å². The van der Waals surface area contributed by atoms with Crippen molar-refractivity contribution in [1.82, 2.24) is 5.32 Å². The summed E-state index contributed by atoms with van der Waals surface area (Å²) in [7, 11) is 1.55. The molecule has 1 aliphatic carbocycles. The van der Waals surface area contributed by atoms with Crippen molar-refractivity contribution in [3.05, 3.63) is 65.2 Å². The van der Waals surface area contributed by atoms with Crippen LogP contribution in [0.1, 0.15) is 40.4 Å². The molecule has 1 fully saturated rings. The third kappa shape index (κ3) is 4.18. The first-order valence-corrected chi connectivity index (χ1v) is 8.29. The minimum absolute atomic E-state index is 0.192. The zero-order valence-corrected chi connectivity index (χ0v) is 14.3. The zero-order valence-electron chi connectivity index (χ0n) is 14.3. The predicted molar refractivity (Wildman–Crippen MR) is 93.5 cm³/mol. The average molecular weight is 339 g/mol.